The number of esters is 1. The smallest absolute Gasteiger partial charge is 0.316 e. The number of thioether (sulfide) groups is 1. The second kappa shape index (κ2) is 11.8. The fraction of sp³-hybridized carbons (Fsp3) is 0.375. The SMILES string of the molecule is CC(NC(=O)c1ccccc1NC(=O)COC(=O)CSC1C(C)NNC1C)c1ccccc1. The maximum atomic E-state index is 12.8. The van der Waals surface area contributed by atoms with Gasteiger partial charge < -0.3 is 15.4 Å². The second-order valence-electron chi connectivity index (χ2n) is 8.00. The number of para-hydroxylation sites is 1. The van der Waals surface area contributed by atoms with E-state index in [0.717, 1.165) is 5.56 Å². The summed E-state index contributed by atoms with van der Waals surface area (Å²) in [5.74, 6) is -1.11. The van der Waals surface area contributed by atoms with Gasteiger partial charge in [-0.3, -0.25) is 25.2 Å². The van der Waals surface area contributed by atoms with Crippen LogP contribution in [-0.2, 0) is 14.3 Å². The Balaban J connectivity index is 1.49. The molecule has 1 saturated heterocycles. The van der Waals surface area contributed by atoms with E-state index in [9.17, 15) is 14.4 Å². The number of benzene rings is 2. The summed E-state index contributed by atoms with van der Waals surface area (Å²) in [7, 11) is 0. The maximum absolute atomic E-state index is 12.8. The molecule has 0 spiro atoms. The van der Waals surface area contributed by atoms with Crippen LogP contribution in [0.15, 0.2) is 54.6 Å². The molecule has 1 aliphatic rings. The molecule has 1 heterocycles. The Bertz CT molecular complexity index is 962. The number of carbonyl (C=O) groups is 3. The minimum Gasteiger partial charge on any atom is -0.455 e. The summed E-state index contributed by atoms with van der Waals surface area (Å²) in [5, 5.41) is 5.84. The van der Waals surface area contributed by atoms with Crippen LogP contribution in [0.3, 0.4) is 0 Å². The lowest BCUT2D eigenvalue weighted by atomic mass is 10.1. The predicted octanol–water partition coefficient (Wildman–Crippen LogP) is 2.65. The summed E-state index contributed by atoms with van der Waals surface area (Å²) < 4.78 is 5.12. The molecule has 0 radical (unpaired) electrons. The van der Waals surface area contributed by atoms with Crippen LogP contribution in [0.25, 0.3) is 0 Å². The number of amides is 2. The Labute approximate surface area is 198 Å². The summed E-state index contributed by atoms with van der Waals surface area (Å²) in [6.07, 6.45) is 0. The number of hydrazine groups is 1. The number of hydrogen-bond donors (Lipinski definition) is 4. The number of ether oxygens (including phenoxy) is 1. The average molecular weight is 471 g/mol. The monoisotopic (exact) mass is 470 g/mol. The largest absolute Gasteiger partial charge is 0.455 e. The molecule has 3 rings (SSSR count). The third-order valence-corrected chi connectivity index (χ3v) is 6.98. The summed E-state index contributed by atoms with van der Waals surface area (Å²) in [4.78, 5) is 37.2. The van der Waals surface area contributed by atoms with E-state index in [-0.39, 0.29) is 35.0 Å². The average Bonchev–Trinajstić information content (AvgIpc) is 3.14. The number of hydrogen-bond acceptors (Lipinski definition) is 7. The molecular formula is C24H30N4O4S. The molecular weight excluding hydrogens is 440 g/mol. The van der Waals surface area contributed by atoms with Crippen molar-refractivity contribution in [2.75, 3.05) is 17.7 Å². The number of rotatable bonds is 9. The fourth-order valence-corrected chi connectivity index (χ4v) is 4.70. The van der Waals surface area contributed by atoms with Gasteiger partial charge in [0.1, 0.15) is 0 Å². The zero-order valence-corrected chi connectivity index (χ0v) is 19.8. The molecule has 2 amide bonds. The molecule has 2 aromatic rings. The maximum Gasteiger partial charge on any atom is 0.316 e. The van der Waals surface area contributed by atoms with Crippen molar-refractivity contribution in [1.82, 2.24) is 16.2 Å². The van der Waals surface area contributed by atoms with Crippen molar-refractivity contribution >= 4 is 35.2 Å². The first-order chi connectivity index (χ1) is 15.8. The molecule has 0 aromatic heterocycles. The molecule has 2 aromatic carbocycles. The molecule has 0 aliphatic carbocycles. The summed E-state index contributed by atoms with van der Waals surface area (Å²) in [6, 6.07) is 16.6. The van der Waals surface area contributed by atoms with Crippen molar-refractivity contribution in [3.63, 3.8) is 0 Å². The van der Waals surface area contributed by atoms with Crippen LogP contribution in [0.2, 0.25) is 0 Å². The van der Waals surface area contributed by atoms with Crippen LogP contribution in [0.1, 0.15) is 42.7 Å². The highest BCUT2D eigenvalue weighted by Crippen LogP contribution is 2.22. The zero-order chi connectivity index (χ0) is 23.8. The van der Waals surface area contributed by atoms with E-state index >= 15 is 0 Å². The lowest BCUT2D eigenvalue weighted by Crippen LogP contribution is -2.30. The normalized spacial score (nSPS) is 20.6. The second-order valence-corrected chi connectivity index (χ2v) is 9.17. The van der Waals surface area contributed by atoms with Gasteiger partial charge in [-0.05, 0) is 38.5 Å². The first kappa shape index (κ1) is 24.8. The number of carbonyl (C=O) groups excluding carboxylic acids is 3. The Morgan fingerprint density at radius 3 is 2.33 bits per heavy atom. The minimum atomic E-state index is -0.504. The Morgan fingerprint density at radius 1 is 1.00 bits per heavy atom. The van der Waals surface area contributed by atoms with Crippen LogP contribution in [0.5, 0.6) is 0 Å². The van der Waals surface area contributed by atoms with Crippen molar-refractivity contribution in [3.8, 4) is 0 Å². The van der Waals surface area contributed by atoms with Gasteiger partial charge in [-0.25, -0.2) is 0 Å². The lowest BCUT2D eigenvalue weighted by Gasteiger charge is -2.17. The molecule has 4 N–H and O–H groups in total. The number of anilines is 1. The number of nitrogens with one attached hydrogen (secondary N) is 4. The van der Waals surface area contributed by atoms with Gasteiger partial charge in [0.15, 0.2) is 6.61 Å². The lowest BCUT2D eigenvalue weighted by molar-refractivity contribution is -0.144. The quantitative estimate of drug-likeness (QED) is 0.417. The van der Waals surface area contributed by atoms with Crippen LogP contribution >= 0.6 is 11.8 Å². The highest BCUT2D eigenvalue weighted by molar-refractivity contribution is 8.00. The molecule has 1 fully saturated rings. The van der Waals surface area contributed by atoms with E-state index in [2.05, 4.69) is 21.5 Å². The summed E-state index contributed by atoms with van der Waals surface area (Å²) >= 11 is 1.49. The summed E-state index contributed by atoms with van der Waals surface area (Å²) in [6.45, 7) is 5.56. The Hall–Kier alpha value is -2.88. The van der Waals surface area contributed by atoms with E-state index in [0.29, 0.717) is 11.3 Å². The third kappa shape index (κ3) is 7.05. The van der Waals surface area contributed by atoms with Crippen LogP contribution in [0.4, 0.5) is 5.69 Å². The topological polar surface area (TPSA) is 109 Å². The highest BCUT2D eigenvalue weighted by atomic mass is 32.2. The van der Waals surface area contributed by atoms with E-state index in [1.54, 1.807) is 24.3 Å². The molecule has 9 heteroatoms. The first-order valence-electron chi connectivity index (χ1n) is 10.9. The van der Waals surface area contributed by atoms with Gasteiger partial charge in [-0.1, -0.05) is 42.5 Å². The van der Waals surface area contributed by atoms with Gasteiger partial charge in [0.25, 0.3) is 11.8 Å². The van der Waals surface area contributed by atoms with Crippen molar-refractivity contribution in [2.24, 2.45) is 0 Å². The van der Waals surface area contributed by atoms with Gasteiger partial charge in [0.2, 0.25) is 0 Å². The van der Waals surface area contributed by atoms with Crippen LogP contribution in [-0.4, -0.2) is 47.5 Å². The Morgan fingerprint density at radius 2 is 1.64 bits per heavy atom. The van der Waals surface area contributed by atoms with Gasteiger partial charge in [-0.15, -0.1) is 11.8 Å². The molecule has 1 aliphatic heterocycles. The van der Waals surface area contributed by atoms with Gasteiger partial charge >= 0.3 is 5.97 Å². The molecule has 8 nitrogen and oxygen atoms in total. The highest BCUT2D eigenvalue weighted by Gasteiger charge is 2.30. The fourth-order valence-electron chi connectivity index (χ4n) is 3.58. The van der Waals surface area contributed by atoms with Crippen LogP contribution in [0, 0.1) is 0 Å². The predicted molar refractivity (Wildman–Crippen MR) is 130 cm³/mol. The van der Waals surface area contributed by atoms with Gasteiger partial charge in [0.05, 0.1) is 23.0 Å². The van der Waals surface area contributed by atoms with Crippen molar-refractivity contribution in [3.05, 3.63) is 65.7 Å². The molecule has 176 valence electrons. The van der Waals surface area contributed by atoms with Crippen molar-refractivity contribution in [2.45, 2.75) is 44.1 Å². The molecule has 33 heavy (non-hydrogen) atoms. The summed E-state index contributed by atoms with van der Waals surface area (Å²) in [5.41, 5.74) is 7.94. The van der Waals surface area contributed by atoms with Crippen molar-refractivity contribution < 1.29 is 19.1 Å². The van der Waals surface area contributed by atoms with E-state index in [4.69, 9.17) is 4.74 Å². The standard InChI is InChI=1S/C24H30N4O4S/c1-15(18-9-5-4-6-10-18)25-24(31)19-11-7-8-12-20(19)26-21(29)13-32-22(30)14-33-23-16(2)27-28-17(23)3/h4-12,15-17,23,27-28H,13-14H2,1-3H3,(H,25,31)(H,26,29). The van der Waals surface area contributed by atoms with Crippen LogP contribution < -0.4 is 21.5 Å². The van der Waals surface area contributed by atoms with Gasteiger partial charge in [0, 0.05) is 17.3 Å². The van der Waals surface area contributed by atoms with Crippen molar-refractivity contribution in [1.29, 1.82) is 0 Å². The van der Waals surface area contributed by atoms with Gasteiger partial charge in [-0.2, -0.15) is 0 Å². The zero-order valence-electron chi connectivity index (χ0n) is 19.0. The molecule has 0 bridgehead atoms. The molecule has 0 saturated carbocycles. The minimum absolute atomic E-state index is 0.159. The Kier molecular flexibility index (Phi) is 8.87. The first-order valence-corrected chi connectivity index (χ1v) is 11.9. The van der Waals surface area contributed by atoms with E-state index < -0.39 is 18.5 Å². The third-order valence-electron chi connectivity index (χ3n) is 5.38. The van der Waals surface area contributed by atoms with E-state index in [1.807, 2.05) is 51.1 Å². The molecule has 3 unspecified atom stereocenters. The molecule has 3 atom stereocenters. The van der Waals surface area contributed by atoms with E-state index in [1.165, 1.54) is 11.8 Å².